The number of ether oxygens (including phenoxy) is 7. The number of rotatable bonds is 1. The first kappa shape index (κ1) is 26.2. The lowest BCUT2D eigenvalue weighted by atomic mass is 9.51. The third-order valence-electron chi connectivity index (χ3n) is 10.5. The summed E-state index contributed by atoms with van der Waals surface area (Å²) in [4.78, 5) is 38.6. The highest BCUT2D eigenvalue weighted by Crippen LogP contribution is 2.72. The lowest BCUT2D eigenvalue weighted by Crippen LogP contribution is -2.68. The molecule has 5 heterocycles. The molecular formula is C29H34O11. The molecule has 11 nitrogen and oxygen atoms in total. The Kier molecular flexibility index (Phi) is 5.66. The van der Waals surface area contributed by atoms with Gasteiger partial charge in [0, 0.05) is 32.3 Å². The van der Waals surface area contributed by atoms with Crippen LogP contribution in [-0.4, -0.2) is 90.7 Å². The first-order valence-electron chi connectivity index (χ1n) is 13.9. The van der Waals surface area contributed by atoms with Crippen molar-refractivity contribution in [2.45, 2.75) is 94.3 Å². The van der Waals surface area contributed by atoms with Crippen LogP contribution in [0.2, 0.25) is 0 Å². The van der Waals surface area contributed by atoms with Gasteiger partial charge >= 0.3 is 17.9 Å². The molecule has 3 spiro atoms. The summed E-state index contributed by atoms with van der Waals surface area (Å²) < 4.78 is 42.1. The van der Waals surface area contributed by atoms with Crippen LogP contribution >= 0.6 is 0 Å². The van der Waals surface area contributed by atoms with Crippen molar-refractivity contribution in [1.29, 1.82) is 0 Å². The Labute approximate surface area is 231 Å². The van der Waals surface area contributed by atoms with Crippen LogP contribution in [0.15, 0.2) is 35.6 Å². The van der Waals surface area contributed by atoms with E-state index in [2.05, 4.69) is 0 Å². The molecule has 4 saturated heterocycles. The number of esters is 3. The van der Waals surface area contributed by atoms with Gasteiger partial charge < -0.3 is 38.3 Å². The Morgan fingerprint density at radius 1 is 1.18 bits per heavy atom. The van der Waals surface area contributed by atoms with Crippen LogP contribution in [0.5, 0.6) is 0 Å². The van der Waals surface area contributed by atoms with Crippen LogP contribution in [0.4, 0.5) is 0 Å². The van der Waals surface area contributed by atoms with Crippen LogP contribution in [0.25, 0.3) is 0 Å². The van der Waals surface area contributed by atoms with Crippen molar-refractivity contribution >= 4 is 17.9 Å². The fourth-order valence-corrected chi connectivity index (χ4v) is 8.05. The first-order valence-corrected chi connectivity index (χ1v) is 13.9. The highest BCUT2D eigenvalue weighted by molar-refractivity contribution is 5.82. The van der Waals surface area contributed by atoms with E-state index in [-0.39, 0.29) is 25.7 Å². The Morgan fingerprint density at radius 3 is 2.73 bits per heavy atom. The molecule has 10 atom stereocenters. The molecule has 0 amide bonds. The summed E-state index contributed by atoms with van der Waals surface area (Å²) in [6.45, 7) is 5.83. The maximum Gasteiger partial charge on any atom is 0.338 e. The molecule has 7 aliphatic rings. The van der Waals surface area contributed by atoms with Crippen molar-refractivity contribution < 1.29 is 52.6 Å². The standard InChI is InChI=1S/C29H34O11/c1-15-10-20-27(12-18(15)37-16(2)30)13-35-25(33)24-28(40-24)8-9-34-17(23(28)32)6-4-5-7-22(31)39-19-11-21(38-20)29(14-36-29)26(19,27)3/h5-7,10,18-21,23-24,32H,4,8-9,11-14H2,1-3H3/b7-5-,17-6+/t18-,19+,20+,21+,23-,24+,26+,27+,28+,29?/m0/s1. The van der Waals surface area contributed by atoms with Gasteiger partial charge in [-0.15, -0.1) is 0 Å². The molecular weight excluding hydrogens is 524 g/mol. The third-order valence-corrected chi connectivity index (χ3v) is 10.5. The molecule has 1 N–H and O–H groups in total. The van der Waals surface area contributed by atoms with Gasteiger partial charge in [0.25, 0.3) is 0 Å². The number of epoxide rings is 2. The number of aliphatic hydroxyl groups excluding tert-OH is 1. The fourth-order valence-electron chi connectivity index (χ4n) is 8.05. The van der Waals surface area contributed by atoms with E-state index in [1.165, 1.54) is 13.0 Å². The predicted octanol–water partition coefficient (Wildman–Crippen LogP) is 1.42. The first-order chi connectivity index (χ1) is 19.1. The number of hydrogen-bond acceptors (Lipinski definition) is 11. The number of aliphatic hydroxyl groups is 1. The Morgan fingerprint density at radius 2 is 1.98 bits per heavy atom. The fraction of sp³-hybridized carbons (Fsp3) is 0.690. The second-order valence-corrected chi connectivity index (χ2v) is 12.3. The molecule has 0 aromatic heterocycles. The molecule has 40 heavy (non-hydrogen) atoms. The molecule has 216 valence electrons. The largest absolute Gasteiger partial charge is 0.495 e. The number of carbonyl (C=O) groups excluding carboxylic acids is 3. The van der Waals surface area contributed by atoms with Crippen molar-refractivity contribution in [3.63, 3.8) is 0 Å². The number of fused-ring (bicyclic) bond motifs is 1. The summed E-state index contributed by atoms with van der Waals surface area (Å²) in [5.74, 6) is -1.25. The van der Waals surface area contributed by atoms with E-state index >= 15 is 0 Å². The summed E-state index contributed by atoms with van der Waals surface area (Å²) in [5, 5.41) is 11.0. The summed E-state index contributed by atoms with van der Waals surface area (Å²) in [5.41, 5.74) is -2.81. The minimum Gasteiger partial charge on any atom is -0.495 e. The Bertz CT molecular complexity index is 1250. The maximum absolute atomic E-state index is 13.5. The molecule has 5 fully saturated rings. The minimum absolute atomic E-state index is 0.110. The highest BCUT2D eigenvalue weighted by Gasteiger charge is 2.83. The molecule has 0 radical (unpaired) electrons. The van der Waals surface area contributed by atoms with Crippen LogP contribution < -0.4 is 0 Å². The number of hydrogen-bond donors (Lipinski definition) is 1. The third kappa shape index (κ3) is 3.41. The SMILES string of the molecule is CC(=O)O[C@H]1C[C@@]23COC(=O)[C@H]4O[C@@]45CCO/C(=C/C/C=C\C(=O)O[C@@H]4C[C@@H](O[C@@H]2C=C1C)C1(CO1)[C@]43C)[C@@H]5O. The molecule has 2 aliphatic carbocycles. The van der Waals surface area contributed by atoms with Crippen LogP contribution in [0, 0.1) is 10.8 Å². The van der Waals surface area contributed by atoms with Gasteiger partial charge in [-0.3, -0.25) is 4.79 Å². The molecule has 0 aromatic rings. The summed E-state index contributed by atoms with van der Waals surface area (Å²) in [6.07, 6.45) is 3.84. The van der Waals surface area contributed by atoms with E-state index in [0.717, 1.165) is 5.57 Å². The lowest BCUT2D eigenvalue weighted by Gasteiger charge is -2.59. The van der Waals surface area contributed by atoms with Crippen molar-refractivity contribution in [1.82, 2.24) is 0 Å². The quantitative estimate of drug-likeness (QED) is 0.216. The second-order valence-electron chi connectivity index (χ2n) is 12.3. The van der Waals surface area contributed by atoms with Gasteiger partial charge in [-0.05, 0) is 25.0 Å². The maximum atomic E-state index is 13.5. The van der Waals surface area contributed by atoms with Gasteiger partial charge in [0.2, 0.25) is 0 Å². The smallest absolute Gasteiger partial charge is 0.338 e. The van der Waals surface area contributed by atoms with Crippen LogP contribution in [-0.2, 0) is 47.5 Å². The Hall–Kier alpha value is -2.73. The average Bonchev–Trinajstić information content (AvgIpc) is 3.81. The molecule has 4 bridgehead atoms. The molecule has 7 rings (SSSR count). The van der Waals surface area contributed by atoms with Gasteiger partial charge in [0.15, 0.2) is 6.10 Å². The second kappa shape index (κ2) is 8.64. The zero-order chi connectivity index (χ0) is 28.1. The van der Waals surface area contributed by atoms with E-state index in [1.54, 1.807) is 12.2 Å². The van der Waals surface area contributed by atoms with E-state index in [0.29, 0.717) is 31.6 Å². The van der Waals surface area contributed by atoms with Gasteiger partial charge in [-0.25, -0.2) is 9.59 Å². The summed E-state index contributed by atoms with van der Waals surface area (Å²) >= 11 is 0. The minimum atomic E-state index is -1.15. The van der Waals surface area contributed by atoms with Crippen molar-refractivity contribution in [2.75, 3.05) is 19.8 Å². The van der Waals surface area contributed by atoms with E-state index < -0.39 is 70.5 Å². The van der Waals surface area contributed by atoms with Gasteiger partial charge in [-0.2, -0.15) is 0 Å². The summed E-state index contributed by atoms with van der Waals surface area (Å²) in [6, 6.07) is 0. The van der Waals surface area contributed by atoms with Crippen LogP contribution in [0.1, 0.15) is 46.5 Å². The van der Waals surface area contributed by atoms with Crippen molar-refractivity contribution in [3.05, 3.63) is 35.6 Å². The number of allylic oxidation sites excluding steroid dienone is 2. The van der Waals surface area contributed by atoms with Crippen molar-refractivity contribution in [2.24, 2.45) is 10.8 Å². The molecule has 1 unspecified atom stereocenters. The topological polar surface area (TPSA) is 143 Å². The summed E-state index contributed by atoms with van der Waals surface area (Å²) in [7, 11) is 0. The zero-order valence-corrected chi connectivity index (χ0v) is 22.8. The normalized spacial score (nSPS) is 51.0. The molecule has 11 heteroatoms. The van der Waals surface area contributed by atoms with E-state index in [4.69, 9.17) is 33.2 Å². The lowest BCUT2D eigenvalue weighted by molar-refractivity contribution is -0.240. The predicted molar refractivity (Wildman–Crippen MR) is 133 cm³/mol. The molecule has 5 aliphatic heterocycles. The van der Waals surface area contributed by atoms with Gasteiger partial charge in [0.05, 0.1) is 36.3 Å². The Balaban J connectivity index is 1.31. The van der Waals surface area contributed by atoms with Gasteiger partial charge in [0.1, 0.15) is 41.9 Å². The number of carbonyl (C=O) groups is 3. The monoisotopic (exact) mass is 558 g/mol. The van der Waals surface area contributed by atoms with E-state index in [1.807, 2.05) is 19.9 Å². The van der Waals surface area contributed by atoms with Gasteiger partial charge in [-0.1, -0.05) is 19.1 Å². The average molecular weight is 559 g/mol. The highest BCUT2D eigenvalue weighted by atomic mass is 16.7. The number of cyclic esters (lactones) is 1. The van der Waals surface area contributed by atoms with Crippen molar-refractivity contribution in [3.8, 4) is 0 Å². The molecule has 0 aromatic carbocycles. The zero-order valence-electron chi connectivity index (χ0n) is 22.8. The van der Waals surface area contributed by atoms with E-state index in [9.17, 15) is 19.5 Å². The molecule has 1 saturated carbocycles. The van der Waals surface area contributed by atoms with Crippen LogP contribution in [0.3, 0.4) is 0 Å².